The molecule has 0 spiro atoms. The molecule has 2 aliphatic rings. The third-order valence-corrected chi connectivity index (χ3v) is 8.43. The second-order valence-electron chi connectivity index (χ2n) is 11.4. The van der Waals surface area contributed by atoms with Crippen LogP contribution < -0.4 is 14.8 Å². The third-order valence-electron chi connectivity index (χ3n) is 8.43. The standard InChI is InChI=1S/C31H37FN4O6/c1-19(36-12-9-26(37)27(38)16-36)15-35-10-7-22(8-11-35)33-31(39)42-30-14-24-25(34-30)3-2-4-28(24)40-17-20-18-41-29-6-5-21(32)13-23(20)29/h2-6,13-14,18-19,22,26-27,34,37-38H,7-12,15-17H2,1H3,(H,33,39)/t19-,26?,27?/m0/s1. The molecule has 2 aromatic carbocycles. The maximum Gasteiger partial charge on any atom is 0.414 e. The van der Waals surface area contributed by atoms with E-state index in [0.717, 1.165) is 55.5 Å². The molecule has 0 bridgehead atoms. The maximum atomic E-state index is 13.7. The van der Waals surface area contributed by atoms with Crippen molar-refractivity contribution in [1.82, 2.24) is 20.1 Å². The molecular weight excluding hydrogens is 543 g/mol. The molecule has 3 atom stereocenters. The van der Waals surface area contributed by atoms with Crippen LogP contribution in [-0.4, -0.2) is 88.1 Å². The SMILES string of the molecule is C[C@@H](CN1CCC(NC(=O)Oc2cc3c(OCc4coc5ccc(F)cc45)cccc3[nH]2)CC1)N1CCC(O)C(O)C1. The number of benzene rings is 2. The minimum Gasteiger partial charge on any atom is -0.488 e. The number of rotatable bonds is 8. The second kappa shape index (κ2) is 12.3. The van der Waals surface area contributed by atoms with E-state index in [0.29, 0.717) is 35.6 Å². The molecule has 11 heteroatoms. The molecule has 6 rings (SSSR count). The average Bonchev–Trinajstić information content (AvgIpc) is 3.57. The Morgan fingerprint density at radius 1 is 1.12 bits per heavy atom. The van der Waals surface area contributed by atoms with Crippen molar-refractivity contribution >= 4 is 28.0 Å². The predicted octanol–water partition coefficient (Wildman–Crippen LogP) is 4.00. The van der Waals surface area contributed by atoms with Gasteiger partial charge in [0.15, 0.2) is 0 Å². The lowest BCUT2D eigenvalue weighted by Crippen LogP contribution is -2.54. The first-order valence-corrected chi connectivity index (χ1v) is 14.5. The van der Waals surface area contributed by atoms with Crippen molar-refractivity contribution in [3.8, 4) is 11.6 Å². The summed E-state index contributed by atoms with van der Waals surface area (Å²) in [6, 6.07) is 12.0. The smallest absolute Gasteiger partial charge is 0.414 e. The molecule has 4 aromatic rings. The number of aromatic nitrogens is 1. The molecule has 0 saturated carbocycles. The predicted molar refractivity (Wildman–Crippen MR) is 155 cm³/mol. The van der Waals surface area contributed by atoms with E-state index >= 15 is 0 Å². The second-order valence-corrected chi connectivity index (χ2v) is 11.4. The number of aromatic amines is 1. The van der Waals surface area contributed by atoms with Crippen LogP contribution in [0.5, 0.6) is 11.6 Å². The highest BCUT2D eigenvalue weighted by atomic mass is 19.1. The number of β-amino-alcohol motifs (C(OH)–C–C–N with tert-alkyl or cyclic N) is 1. The summed E-state index contributed by atoms with van der Waals surface area (Å²) in [4.78, 5) is 20.4. The van der Waals surface area contributed by atoms with E-state index in [9.17, 15) is 19.4 Å². The number of ether oxygens (including phenoxy) is 2. The first-order valence-electron chi connectivity index (χ1n) is 14.5. The van der Waals surface area contributed by atoms with Crippen LogP contribution in [0, 0.1) is 5.82 Å². The number of fused-ring (bicyclic) bond motifs is 2. The van der Waals surface area contributed by atoms with Crippen LogP contribution in [0.15, 0.2) is 53.1 Å². The van der Waals surface area contributed by atoms with E-state index < -0.39 is 18.3 Å². The number of carbonyl (C=O) groups is 1. The monoisotopic (exact) mass is 580 g/mol. The number of aliphatic hydroxyl groups excluding tert-OH is 2. The van der Waals surface area contributed by atoms with Crippen molar-refractivity contribution in [2.24, 2.45) is 0 Å². The van der Waals surface area contributed by atoms with Gasteiger partial charge in [0, 0.05) is 67.2 Å². The normalized spacial score (nSPS) is 21.5. The summed E-state index contributed by atoms with van der Waals surface area (Å²) in [5.74, 6) is 0.575. The number of hydrogen-bond donors (Lipinski definition) is 4. The van der Waals surface area contributed by atoms with Gasteiger partial charge in [0.1, 0.15) is 23.8 Å². The number of nitrogens with zero attached hydrogens (tertiary/aromatic N) is 2. The number of amides is 1. The summed E-state index contributed by atoms with van der Waals surface area (Å²) in [7, 11) is 0. The highest BCUT2D eigenvalue weighted by molar-refractivity contribution is 5.88. The summed E-state index contributed by atoms with van der Waals surface area (Å²) >= 11 is 0. The summed E-state index contributed by atoms with van der Waals surface area (Å²) < 4.78 is 30.9. The zero-order chi connectivity index (χ0) is 29.2. The Hall–Kier alpha value is -3.64. The van der Waals surface area contributed by atoms with E-state index in [4.69, 9.17) is 13.9 Å². The Balaban J connectivity index is 0.992. The van der Waals surface area contributed by atoms with Gasteiger partial charge in [0.25, 0.3) is 0 Å². The minimum atomic E-state index is -0.687. The van der Waals surface area contributed by atoms with E-state index in [1.54, 1.807) is 18.4 Å². The zero-order valence-corrected chi connectivity index (χ0v) is 23.6. The van der Waals surface area contributed by atoms with Crippen molar-refractivity contribution in [3.05, 3.63) is 60.1 Å². The van der Waals surface area contributed by atoms with Crippen molar-refractivity contribution in [3.63, 3.8) is 0 Å². The number of furan rings is 1. The van der Waals surface area contributed by atoms with Crippen LogP contribution >= 0.6 is 0 Å². The number of likely N-dealkylation sites (tertiary alicyclic amines) is 2. The Morgan fingerprint density at radius 2 is 1.95 bits per heavy atom. The lowest BCUT2D eigenvalue weighted by molar-refractivity contribution is -0.0509. The topological polar surface area (TPSA) is 123 Å². The van der Waals surface area contributed by atoms with Gasteiger partial charge in [0.05, 0.1) is 24.0 Å². The van der Waals surface area contributed by atoms with Gasteiger partial charge in [-0.15, -0.1) is 0 Å². The number of H-pyrrole nitrogens is 1. The third kappa shape index (κ3) is 6.39. The number of hydrogen-bond acceptors (Lipinski definition) is 8. The summed E-state index contributed by atoms with van der Waals surface area (Å²) in [6.07, 6.45) is 1.97. The zero-order valence-electron chi connectivity index (χ0n) is 23.6. The Kier molecular flexibility index (Phi) is 8.34. The molecule has 0 aliphatic carbocycles. The van der Waals surface area contributed by atoms with Gasteiger partial charge in [-0.3, -0.25) is 4.90 Å². The Labute approximate surface area is 243 Å². The molecule has 2 aromatic heterocycles. The van der Waals surface area contributed by atoms with E-state index in [1.165, 1.54) is 12.1 Å². The quantitative estimate of drug-likeness (QED) is 0.247. The number of halogens is 1. The first kappa shape index (κ1) is 28.5. The lowest BCUT2D eigenvalue weighted by atomic mass is 10.0. The molecule has 2 saturated heterocycles. The summed E-state index contributed by atoms with van der Waals surface area (Å²) in [5.41, 5.74) is 2.09. The number of aliphatic hydroxyl groups is 2. The van der Waals surface area contributed by atoms with Crippen molar-refractivity contribution < 1.29 is 33.3 Å². The first-order chi connectivity index (χ1) is 20.3. The molecule has 42 heavy (non-hydrogen) atoms. The van der Waals surface area contributed by atoms with Gasteiger partial charge in [-0.2, -0.15) is 0 Å². The number of piperidine rings is 2. The lowest BCUT2D eigenvalue weighted by Gasteiger charge is -2.40. The fraction of sp³-hybridized carbons (Fsp3) is 0.452. The van der Waals surface area contributed by atoms with Gasteiger partial charge < -0.3 is 39.3 Å². The van der Waals surface area contributed by atoms with Crippen LogP contribution in [0.4, 0.5) is 9.18 Å². The van der Waals surface area contributed by atoms with E-state index in [1.807, 2.05) is 18.2 Å². The van der Waals surface area contributed by atoms with Crippen molar-refractivity contribution in [1.29, 1.82) is 0 Å². The summed E-state index contributed by atoms with van der Waals surface area (Å²) in [5, 5.41) is 24.2. The Bertz CT molecular complexity index is 1530. The molecule has 2 unspecified atom stereocenters. The van der Waals surface area contributed by atoms with Crippen LogP contribution in [0.2, 0.25) is 0 Å². The molecule has 2 aliphatic heterocycles. The molecule has 10 nitrogen and oxygen atoms in total. The van der Waals surface area contributed by atoms with E-state index in [-0.39, 0.29) is 24.5 Å². The van der Waals surface area contributed by atoms with Crippen LogP contribution in [0.3, 0.4) is 0 Å². The number of nitrogens with one attached hydrogen (secondary N) is 2. The van der Waals surface area contributed by atoms with Gasteiger partial charge in [-0.1, -0.05) is 6.07 Å². The highest BCUT2D eigenvalue weighted by Crippen LogP contribution is 2.31. The highest BCUT2D eigenvalue weighted by Gasteiger charge is 2.30. The minimum absolute atomic E-state index is 0.0221. The molecular formula is C31H37FN4O6. The van der Waals surface area contributed by atoms with Gasteiger partial charge in [0.2, 0.25) is 5.88 Å². The number of carbonyl (C=O) groups excluding carboxylic acids is 1. The fourth-order valence-corrected chi connectivity index (χ4v) is 5.99. The molecule has 0 radical (unpaired) electrons. The van der Waals surface area contributed by atoms with Gasteiger partial charge >= 0.3 is 6.09 Å². The van der Waals surface area contributed by atoms with Crippen molar-refractivity contribution in [2.75, 3.05) is 32.7 Å². The molecule has 2 fully saturated rings. The molecule has 4 N–H and O–H groups in total. The van der Waals surface area contributed by atoms with Crippen LogP contribution in [0.25, 0.3) is 21.9 Å². The molecule has 4 heterocycles. The maximum absolute atomic E-state index is 13.7. The largest absolute Gasteiger partial charge is 0.488 e. The average molecular weight is 581 g/mol. The van der Waals surface area contributed by atoms with Crippen LogP contribution in [-0.2, 0) is 6.61 Å². The van der Waals surface area contributed by atoms with E-state index in [2.05, 4.69) is 27.0 Å². The fourth-order valence-electron chi connectivity index (χ4n) is 5.99. The summed E-state index contributed by atoms with van der Waals surface area (Å²) in [6.45, 7) is 6.23. The van der Waals surface area contributed by atoms with Gasteiger partial charge in [-0.25, -0.2) is 9.18 Å². The van der Waals surface area contributed by atoms with Gasteiger partial charge in [-0.05, 0) is 56.5 Å². The van der Waals surface area contributed by atoms with Crippen molar-refractivity contribution in [2.45, 2.75) is 57.1 Å². The molecule has 1 amide bonds. The Morgan fingerprint density at radius 3 is 2.76 bits per heavy atom. The van der Waals surface area contributed by atoms with Crippen LogP contribution in [0.1, 0.15) is 31.7 Å². The molecule has 224 valence electrons.